The monoisotopic (exact) mass is 335 g/mol. The molecule has 8 heteroatoms. The molecule has 1 aliphatic heterocycles. The third kappa shape index (κ3) is 3.76. The van der Waals surface area contributed by atoms with Crippen molar-refractivity contribution in [3.05, 3.63) is 22.7 Å². The zero-order chi connectivity index (χ0) is 16.2. The molecule has 23 heavy (non-hydrogen) atoms. The van der Waals surface area contributed by atoms with Gasteiger partial charge in [-0.25, -0.2) is 0 Å². The number of carbonyl (C=O) groups is 2. The van der Waals surface area contributed by atoms with Crippen molar-refractivity contribution in [2.24, 2.45) is 5.92 Å². The van der Waals surface area contributed by atoms with Gasteiger partial charge in [-0.3, -0.25) is 9.59 Å². The van der Waals surface area contributed by atoms with Crippen LogP contribution >= 0.6 is 11.3 Å². The molecule has 0 unspecified atom stereocenters. The number of carboxylic acids is 1. The number of thiophene rings is 1. The molecule has 3 heterocycles. The van der Waals surface area contributed by atoms with Crippen molar-refractivity contribution in [3.63, 3.8) is 0 Å². The molecule has 122 valence electrons. The van der Waals surface area contributed by atoms with E-state index in [1.165, 1.54) is 0 Å². The van der Waals surface area contributed by atoms with Crippen molar-refractivity contribution in [2.45, 2.75) is 25.7 Å². The topological polar surface area (TPSA) is 96.5 Å². The van der Waals surface area contributed by atoms with Gasteiger partial charge in [-0.2, -0.15) is 16.3 Å². The second-order valence-corrected chi connectivity index (χ2v) is 6.32. The van der Waals surface area contributed by atoms with Gasteiger partial charge in [-0.1, -0.05) is 5.16 Å². The number of carbonyl (C=O) groups excluding carboxylic acids is 1. The first-order valence-corrected chi connectivity index (χ1v) is 8.43. The number of aryl methyl sites for hydroxylation is 1. The van der Waals surface area contributed by atoms with Crippen LogP contribution in [0, 0.1) is 5.92 Å². The van der Waals surface area contributed by atoms with Gasteiger partial charge in [-0.15, -0.1) is 0 Å². The molecular weight excluding hydrogens is 318 g/mol. The third-order valence-electron chi connectivity index (χ3n) is 3.92. The maximum Gasteiger partial charge on any atom is 0.308 e. The zero-order valence-corrected chi connectivity index (χ0v) is 13.3. The zero-order valence-electron chi connectivity index (χ0n) is 12.5. The predicted octanol–water partition coefficient (Wildman–Crippen LogP) is 2.05. The molecule has 2 aromatic rings. The fraction of sp³-hybridized carbons (Fsp3) is 0.467. The van der Waals surface area contributed by atoms with Crippen LogP contribution in [0.25, 0.3) is 11.4 Å². The summed E-state index contributed by atoms with van der Waals surface area (Å²) in [6, 6.07) is 1.91. The second-order valence-electron chi connectivity index (χ2n) is 5.54. The van der Waals surface area contributed by atoms with E-state index in [-0.39, 0.29) is 18.9 Å². The minimum Gasteiger partial charge on any atom is -0.481 e. The van der Waals surface area contributed by atoms with Gasteiger partial charge in [0.1, 0.15) is 0 Å². The van der Waals surface area contributed by atoms with E-state index >= 15 is 0 Å². The van der Waals surface area contributed by atoms with Crippen LogP contribution in [0.3, 0.4) is 0 Å². The highest BCUT2D eigenvalue weighted by Gasteiger charge is 2.28. The van der Waals surface area contributed by atoms with E-state index in [1.807, 2.05) is 16.8 Å². The lowest BCUT2D eigenvalue weighted by molar-refractivity contribution is -0.145. The summed E-state index contributed by atoms with van der Waals surface area (Å²) < 4.78 is 5.16. The highest BCUT2D eigenvalue weighted by Crippen LogP contribution is 2.20. The third-order valence-corrected chi connectivity index (χ3v) is 4.61. The lowest BCUT2D eigenvalue weighted by atomic mass is 9.98. The van der Waals surface area contributed by atoms with Gasteiger partial charge in [0, 0.05) is 36.9 Å². The highest BCUT2D eigenvalue weighted by atomic mass is 32.1. The summed E-state index contributed by atoms with van der Waals surface area (Å²) in [5, 5.41) is 16.8. The molecule has 1 amide bonds. The number of carboxylic acid groups (broad SMARTS) is 1. The number of aliphatic carboxylic acids is 1. The molecule has 2 aromatic heterocycles. The molecule has 0 bridgehead atoms. The molecule has 1 N–H and O–H groups in total. The number of nitrogens with zero attached hydrogens (tertiary/aromatic N) is 3. The summed E-state index contributed by atoms with van der Waals surface area (Å²) in [6.45, 7) is 0.907. The van der Waals surface area contributed by atoms with Gasteiger partial charge in [0.15, 0.2) is 0 Å². The van der Waals surface area contributed by atoms with Crippen LogP contribution in [0.5, 0.6) is 0 Å². The number of hydrogen-bond donors (Lipinski definition) is 1. The van der Waals surface area contributed by atoms with E-state index in [9.17, 15) is 9.59 Å². The second kappa shape index (κ2) is 6.91. The van der Waals surface area contributed by atoms with Crippen LogP contribution in [0.1, 0.15) is 25.2 Å². The number of rotatable bonds is 5. The van der Waals surface area contributed by atoms with Crippen LogP contribution in [0.15, 0.2) is 21.3 Å². The van der Waals surface area contributed by atoms with Crippen LogP contribution in [-0.4, -0.2) is 45.1 Å². The van der Waals surface area contributed by atoms with E-state index in [0.717, 1.165) is 12.0 Å². The Morgan fingerprint density at radius 1 is 1.48 bits per heavy atom. The Labute approximate surface area is 136 Å². The maximum absolute atomic E-state index is 12.2. The molecular formula is C15H17N3O4S. The molecule has 1 fully saturated rings. The van der Waals surface area contributed by atoms with Crippen molar-refractivity contribution in [1.82, 2.24) is 15.0 Å². The summed E-state index contributed by atoms with van der Waals surface area (Å²) in [7, 11) is 0. The fourth-order valence-electron chi connectivity index (χ4n) is 2.64. The van der Waals surface area contributed by atoms with Crippen LogP contribution in [0.4, 0.5) is 0 Å². The SMILES string of the molecule is O=C(O)[C@H]1CCCN(C(=O)CCc2nc(-c3ccsc3)no2)C1. The lowest BCUT2D eigenvalue weighted by Crippen LogP contribution is -2.42. The van der Waals surface area contributed by atoms with Crippen molar-refractivity contribution in [3.8, 4) is 11.4 Å². The minimum atomic E-state index is -0.834. The molecule has 1 aliphatic rings. The molecule has 0 saturated carbocycles. The number of piperidine rings is 1. The molecule has 7 nitrogen and oxygen atoms in total. The lowest BCUT2D eigenvalue weighted by Gasteiger charge is -2.30. The largest absolute Gasteiger partial charge is 0.481 e. The van der Waals surface area contributed by atoms with E-state index in [4.69, 9.17) is 9.63 Å². The quantitative estimate of drug-likeness (QED) is 0.898. The van der Waals surface area contributed by atoms with Crippen LogP contribution in [0.2, 0.25) is 0 Å². The predicted molar refractivity (Wildman–Crippen MR) is 82.9 cm³/mol. The Hall–Kier alpha value is -2.22. The number of likely N-dealkylation sites (tertiary alicyclic amines) is 1. The van der Waals surface area contributed by atoms with Gasteiger partial charge in [0.05, 0.1) is 5.92 Å². The Kier molecular flexibility index (Phi) is 4.71. The summed E-state index contributed by atoms with van der Waals surface area (Å²) in [5.74, 6) is -0.406. The fourth-order valence-corrected chi connectivity index (χ4v) is 3.28. The normalized spacial score (nSPS) is 18.1. The number of aromatic nitrogens is 2. The summed E-state index contributed by atoms with van der Waals surface area (Å²) in [4.78, 5) is 29.2. The van der Waals surface area contributed by atoms with Crippen molar-refractivity contribution in [2.75, 3.05) is 13.1 Å². The summed E-state index contributed by atoms with van der Waals surface area (Å²) in [6.07, 6.45) is 1.97. The van der Waals surface area contributed by atoms with Gasteiger partial charge in [-0.05, 0) is 24.3 Å². The van der Waals surface area contributed by atoms with Gasteiger partial charge in [0.25, 0.3) is 0 Å². The van der Waals surface area contributed by atoms with Gasteiger partial charge < -0.3 is 14.5 Å². The average Bonchev–Trinajstić information content (AvgIpc) is 3.23. The molecule has 3 rings (SSSR count). The van der Waals surface area contributed by atoms with Crippen molar-refractivity contribution < 1.29 is 19.2 Å². The standard InChI is InChI=1S/C15H17N3O4S/c19-13(18-6-1-2-10(8-18)15(20)21)4-3-12-16-14(17-22-12)11-5-7-23-9-11/h5,7,9-10H,1-4,6,8H2,(H,20,21)/t10-/m0/s1. The maximum atomic E-state index is 12.2. The Balaban J connectivity index is 1.54. The Bertz CT molecular complexity index is 683. The summed E-state index contributed by atoms with van der Waals surface area (Å²) >= 11 is 1.55. The first kappa shape index (κ1) is 15.7. The van der Waals surface area contributed by atoms with Crippen LogP contribution in [-0.2, 0) is 16.0 Å². The van der Waals surface area contributed by atoms with Crippen molar-refractivity contribution >= 4 is 23.2 Å². The van der Waals surface area contributed by atoms with E-state index in [0.29, 0.717) is 31.1 Å². The number of amides is 1. The first-order valence-electron chi connectivity index (χ1n) is 7.49. The molecule has 0 aromatic carbocycles. The highest BCUT2D eigenvalue weighted by molar-refractivity contribution is 7.08. The van der Waals surface area contributed by atoms with Crippen LogP contribution < -0.4 is 0 Å². The molecule has 0 aliphatic carbocycles. The van der Waals surface area contributed by atoms with Gasteiger partial charge >= 0.3 is 5.97 Å². The first-order chi connectivity index (χ1) is 11.1. The van der Waals surface area contributed by atoms with E-state index in [2.05, 4.69) is 10.1 Å². The Morgan fingerprint density at radius 2 is 2.35 bits per heavy atom. The minimum absolute atomic E-state index is 0.0637. The van der Waals surface area contributed by atoms with E-state index < -0.39 is 11.9 Å². The Morgan fingerprint density at radius 3 is 3.09 bits per heavy atom. The molecule has 0 radical (unpaired) electrons. The van der Waals surface area contributed by atoms with Gasteiger partial charge in [0.2, 0.25) is 17.6 Å². The molecule has 1 atom stereocenters. The molecule has 0 spiro atoms. The summed E-state index contributed by atoms with van der Waals surface area (Å²) in [5.41, 5.74) is 0.900. The molecule has 1 saturated heterocycles. The number of hydrogen-bond acceptors (Lipinski definition) is 6. The van der Waals surface area contributed by atoms with Crippen molar-refractivity contribution in [1.29, 1.82) is 0 Å². The van der Waals surface area contributed by atoms with E-state index in [1.54, 1.807) is 16.2 Å². The smallest absolute Gasteiger partial charge is 0.308 e. The average molecular weight is 335 g/mol.